The molecule has 0 aliphatic heterocycles. The van der Waals surface area contributed by atoms with Gasteiger partial charge in [0.25, 0.3) is 0 Å². The summed E-state index contributed by atoms with van der Waals surface area (Å²) in [5.41, 5.74) is 0. The largest absolute Gasteiger partial charge is 0.472 e. The zero-order valence-corrected chi connectivity index (χ0v) is 37.1. The van der Waals surface area contributed by atoms with E-state index in [-0.39, 0.29) is 25.6 Å². The Labute approximate surface area is 334 Å². The van der Waals surface area contributed by atoms with E-state index in [0.717, 1.165) is 38.5 Å². The van der Waals surface area contributed by atoms with Crippen LogP contribution in [0.3, 0.4) is 0 Å². The van der Waals surface area contributed by atoms with Crippen molar-refractivity contribution in [2.75, 3.05) is 47.5 Å². The molecule has 0 aromatic carbocycles. The monoisotopic (exact) mass is 791 g/mol. The molecule has 0 amide bonds. The van der Waals surface area contributed by atoms with Crippen LogP contribution in [-0.2, 0) is 32.7 Å². The predicted molar refractivity (Wildman–Crippen MR) is 225 cm³/mol. The van der Waals surface area contributed by atoms with Gasteiger partial charge in [-0.05, 0) is 12.8 Å². The minimum Gasteiger partial charge on any atom is -0.462 e. The number of ether oxygens (including phenoxy) is 2. The molecule has 0 spiro atoms. The summed E-state index contributed by atoms with van der Waals surface area (Å²) in [7, 11) is 1.49. The SMILES string of the molecule is CCCCCCCCCCCCCCCCCCCCCCCCCC(=O)OC(COC(=O)CCCCCCCCC)COP(=O)(O)OCC[N+](C)(C)C. The fraction of sp³-hybridized carbons (Fsp3) is 0.955. The minimum atomic E-state index is -4.36. The van der Waals surface area contributed by atoms with Crippen molar-refractivity contribution in [2.45, 2.75) is 225 Å². The van der Waals surface area contributed by atoms with Gasteiger partial charge in [-0.25, -0.2) is 4.57 Å². The summed E-state index contributed by atoms with van der Waals surface area (Å²) < 4.78 is 34.2. The zero-order chi connectivity index (χ0) is 40.0. The van der Waals surface area contributed by atoms with Crippen molar-refractivity contribution in [1.29, 1.82) is 0 Å². The molecule has 0 aliphatic carbocycles. The van der Waals surface area contributed by atoms with Gasteiger partial charge >= 0.3 is 19.8 Å². The van der Waals surface area contributed by atoms with Crippen LogP contribution in [0.1, 0.15) is 219 Å². The first kappa shape index (κ1) is 53.0. The van der Waals surface area contributed by atoms with Crippen molar-refractivity contribution in [1.82, 2.24) is 0 Å². The summed E-state index contributed by atoms with van der Waals surface area (Å²) in [6.45, 7) is 4.41. The highest BCUT2D eigenvalue weighted by Gasteiger charge is 2.27. The molecule has 0 radical (unpaired) electrons. The van der Waals surface area contributed by atoms with E-state index in [1.54, 1.807) is 0 Å². The van der Waals surface area contributed by atoms with Gasteiger partial charge < -0.3 is 18.9 Å². The van der Waals surface area contributed by atoms with Crippen molar-refractivity contribution in [3.05, 3.63) is 0 Å². The molecule has 0 fully saturated rings. The maximum Gasteiger partial charge on any atom is 0.472 e. The summed E-state index contributed by atoms with van der Waals surface area (Å²) in [5.74, 6) is -0.792. The Kier molecular flexibility index (Phi) is 36.9. The first-order valence-electron chi connectivity index (χ1n) is 22.8. The zero-order valence-electron chi connectivity index (χ0n) is 36.2. The van der Waals surface area contributed by atoms with Crippen molar-refractivity contribution < 1.29 is 42.1 Å². The van der Waals surface area contributed by atoms with E-state index in [0.29, 0.717) is 17.4 Å². The average molecular weight is 791 g/mol. The van der Waals surface area contributed by atoms with E-state index >= 15 is 0 Å². The smallest absolute Gasteiger partial charge is 0.462 e. The van der Waals surface area contributed by atoms with Gasteiger partial charge in [0.15, 0.2) is 6.10 Å². The lowest BCUT2D eigenvalue weighted by molar-refractivity contribution is -0.870. The summed E-state index contributed by atoms with van der Waals surface area (Å²) >= 11 is 0. The lowest BCUT2D eigenvalue weighted by atomic mass is 10.0. The molecule has 0 heterocycles. The molecule has 0 saturated heterocycles. The molecule has 10 heteroatoms. The van der Waals surface area contributed by atoms with E-state index in [1.807, 2.05) is 21.1 Å². The van der Waals surface area contributed by atoms with Crippen LogP contribution in [0.25, 0.3) is 0 Å². The number of carbonyl (C=O) groups excluding carboxylic acids is 2. The summed E-state index contributed by atoms with van der Waals surface area (Å²) in [6, 6.07) is 0. The van der Waals surface area contributed by atoms with E-state index < -0.39 is 26.5 Å². The molecule has 0 saturated carbocycles. The van der Waals surface area contributed by atoms with Crippen LogP contribution in [0.15, 0.2) is 0 Å². The number of carbonyl (C=O) groups is 2. The fourth-order valence-electron chi connectivity index (χ4n) is 6.54. The summed E-state index contributed by atoms with van der Waals surface area (Å²) in [4.78, 5) is 35.2. The third-order valence-corrected chi connectivity index (χ3v) is 11.1. The van der Waals surface area contributed by atoms with Crippen LogP contribution in [0.2, 0.25) is 0 Å². The van der Waals surface area contributed by atoms with Crippen LogP contribution >= 0.6 is 7.82 Å². The Balaban J connectivity index is 4.08. The van der Waals surface area contributed by atoms with Gasteiger partial charge in [-0.2, -0.15) is 0 Å². The molecule has 2 unspecified atom stereocenters. The quantitative estimate of drug-likeness (QED) is 0.0282. The Morgan fingerprint density at radius 1 is 0.500 bits per heavy atom. The fourth-order valence-corrected chi connectivity index (χ4v) is 7.29. The molecular weight excluding hydrogens is 701 g/mol. The first-order chi connectivity index (χ1) is 26.0. The van der Waals surface area contributed by atoms with E-state index in [1.165, 1.54) is 154 Å². The number of phosphoric ester groups is 1. The van der Waals surface area contributed by atoms with Crippen LogP contribution < -0.4 is 0 Å². The highest BCUT2D eigenvalue weighted by atomic mass is 31.2. The van der Waals surface area contributed by atoms with Gasteiger partial charge in [0.1, 0.15) is 19.8 Å². The molecule has 2 atom stereocenters. The Morgan fingerprint density at radius 3 is 1.19 bits per heavy atom. The summed E-state index contributed by atoms with van der Waals surface area (Å²) in [5, 5.41) is 0. The molecular formula is C44H89NO8P+. The number of phosphoric acid groups is 1. The third kappa shape index (κ3) is 40.7. The molecule has 1 N–H and O–H groups in total. The third-order valence-electron chi connectivity index (χ3n) is 10.1. The molecule has 54 heavy (non-hydrogen) atoms. The van der Waals surface area contributed by atoms with Gasteiger partial charge in [-0.1, -0.05) is 194 Å². The molecule has 9 nitrogen and oxygen atoms in total. The number of unbranched alkanes of at least 4 members (excludes halogenated alkanes) is 28. The molecule has 0 rings (SSSR count). The lowest BCUT2D eigenvalue weighted by Gasteiger charge is -2.24. The van der Waals surface area contributed by atoms with Crippen molar-refractivity contribution in [3.8, 4) is 0 Å². The number of rotatable bonds is 42. The van der Waals surface area contributed by atoms with E-state index in [9.17, 15) is 19.0 Å². The highest BCUT2D eigenvalue weighted by molar-refractivity contribution is 7.47. The number of quaternary nitrogens is 1. The van der Waals surface area contributed by atoms with Gasteiger partial charge in [0.05, 0.1) is 27.7 Å². The average Bonchev–Trinajstić information content (AvgIpc) is 3.12. The van der Waals surface area contributed by atoms with Crippen molar-refractivity contribution >= 4 is 19.8 Å². The number of nitrogens with zero attached hydrogens (tertiary/aromatic N) is 1. The maximum absolute atomic E-state index is 12.7. The predicted octanol–water partition coefficient (Wildman–Crippen LogP) is 12.8. The maximum atomic E-state index is 12.7. The molecule has 0 aromatic heterocycles. The number of hydrogen-bond acceptors (Lipinski definition) is 7. The Bertz CT molecular complexity index is 896. The van der Waals surface area contributed by atoms with Crippen LogP contribution in [0, 0.1) is 0 Å². The highest BCUT2D eigenvalue weighted by Crippen LogP contribution is 2.43. The van der Waals surface area contributed by atoms with Gasteiger partial charge in [-0.15, -0.1) is 0 Å². The Morgan fingerprint density at radius 2 is 0.833 bits per heavy atom. The topological polar surface area (TPSA) is 108 Å². The number of esters is 2. The van der Waals surface area contributed by atoms with Gasteiger partial charge in [0.2, 0.25) is 0 Å². The molecule has 0 bridgehead atoms. The van der Waals surface area contributed by atoms with Crippen molar-refractivity contribution in [3.63, 3.8) is 0 Å². The number of hydrogen-bond donors (Lipinski definition) is 1. The lowest BCUT2D eigenvalue weighted by Crippen LogP contribution is -2.37. The van der Waals surface area contributed by atoms with Crippen LogP contribution in [0.4, 0.5) is 0 Å². The van der Waals surface area contributed by atoms with Crippen molar-refractivity contribution in [2.24, 2.45) is 0 Å². The molecule has 0 aromatic rings. The standard InChI is InChI=1S/C44H88NO8P/c1-6-8-10-12-14-15-16-17-18-19-20-21-22-23-24-25-26-27-28-29-31-33-35-37-44(47)53-42(41-52-54(48,49)51-39-38-45(3,4)5)40-50-43(46)36-34-32-30-13-11-9-7-2/h42H,6-41H2,1-5H3/p+1. The summed E-state index contributed by atoms with van der Waals surface area (Å²) in [6.07, 6.45) is 37.5. The van der Waals surface area contributed by atoms with E-state index in [2.05, 4.69) is 13.8 Å². The van der Waals surface area contributed by atoms with Crippen LogP contribution in [-0.4, -0.2) is 74.9 Å². The second-order valence-corrected chi connectivity index (χ2v) is 18.3. The van der Waals surface area contributed by atoms with E-state index in [4.69, 9.17) is 18.5 Å². The number of likely N-dealkylation sites (N-methyl/N-ethyl adjacent to an activating group) is 1. The minimum absolute atomic E-state index is 0.0364. The Hall–Kier alpha value is -0.990. The second-order valence-electron chi connectivity index (χ2n) is 16.8. The van der Waals surface area contributed by atoms with Gasteiger partial charge in [-0.3, -0.25) is 18.6 Å². The normalized spacial score (nSPS) is 13.5. The second kappa shape index (κ2) is 37.6. The molecule has 322 valence electrons. The first-order valence-corrected chi connectivity index (χ1v) is 24.3. The van der Waals surface area contributed by atoms with Gasteiger partial charge in [0, 0.05) is 12.8 Å². The van der Waals surface area contributed by atoms with Crippen LogP contribution in [0.5, 0.6) is 0 Å². The molecule has 0 aliphatic rings.